The molecule has 0 fully saturated rings. The predicted molar refractivity (Wildman–Crippen MR) is 56.2 cm³/mol. The normalized spacial score (nSPS) is 12.8. The minimum absolute atomic E-state index is 0.123. The Balaban J connectivity index is 4.59. The molecule has 74 valence electrons. The Kier molecular flexibility index (Phi) is 4.99. The Labute approximate surface area is 82.4 Å². The molecule has 0 aromatic carbocycles. The van der Waals surface area contributed by atoms with E-state index in [2.05, 4.69) is 13.2 Å². The van der Waals surface area contributed by atoms with E-state index in [4.69, 9.17) is 0 Å². The summed E-state index contributed by atoms with van der Waals surface area (Å²) in [6, 6.07) is 0. The Hall–Kier alpha value is -0.570. The topological polar surface area (TPSA) is 0 Å². The molecule has 3 heteroatoms. The summed E-state index contributed by atoms with van der Waals surface area (Å²) < 4.78 is 25.6. The van der Waals surface area contributed by atoms with Crippen molar-refractivity contribution in [1.82, 2.24) is 0 Å². The van der Waals surface area contributed by atoms with Gasteiger partial charge in [0.1, 0.15) is 0 Å². The number of halogens is 2. The van der Waals surface area contributed by atoms with Crippen LogP contribution in [0.1, 0.15) is 13.3 Å². The molecule has 0 aromatic heterocycles. The lowest BCUT2D eigenvalue weighted by Crippen LogP contribution is -2.13. The summed E-state index contributed by atoms with van der Waals surface area (Å²) in [5.41, 5.74) is -0.123. The largest absolute Gasteiger partial charge is 0.271 e. The molecule has 0 rings (SSSR count). The van der Waals surface area contributed by atoms with Crippen LogP contribution in [-0.4, -0.2) is 12.2 Å². The molecule has 0 bridgehead atoms. The second-order valence-corrected chi connectivity index (χ2v) is 3.51. The highest BCUT2D eigenvalue weighted by molar-refractivity contribution is 8.02. The Morgan fingerprint density at radius 1 is 1.54 bits per heavy atom. The second kappa shape index (κ2) is 5.22. The molecule has 0 saturated carbocycles. The lowest BCUT2D eigenvalue weighted by Gasteiger charge is -2.15. The van der Waals surface area contributed by atoms with Gasteiger partial charge in [-0.15, -0.1) is 18.3 Å². The van der Waals surface area contributed by atoms with Crippen LogP contribution < -0.4 is 0 Å². The molecule has 0 heterocycles. The SMILES string of the molecule is C=CCC=C(SC)C(=C)C(C)(F)F. The third kappa shape index (κ3) is 4.27. The van der Waals surface area contributed by atoms with Crippen molar-refractivity contribution < 1.29 is 8.78 Å². The lowest BCUT2D eigenvalue weighted by molar-refractivity contribution is 0.0675. The zero-order chi connectivity index (χ0) is 10.5. The molecule has 0 atom stereocenters. The number of rotatable bonds is 5. The van der Waals surface area contributed by atoms with Crippen molar-refractivity contribution in [3.05, 3.63) is 35.8 Å². The van der Waals surface area contributed by atoms with Crippen molar-refractivity contribution in [3.63, 3.8) is 0 Å². The fraction of sp³-hybridized carbons (Fsp3) is 0.400. The maximum Gasteiger partial charge on any atom is 0.271 e. The van der Waals surface area contributed by atoms with E-state index in [9.17, 15) is 8.78 Å². The van der Waals surface area contributed by atoms with Gasteiger partial charge in [-0.3, -0.25) is 0 Å². The van der Waals surface area contributed by atoms with Crippen LogP contribution in [0.25, 0.3) is 0 Å². The van der Waals surface area contributed by atoms with Gasteiger partial charge in [-0.05, 0) is 12.7 Å². The van der Waals surface area contributed by atoms with Crippen molar-refractivity contribution >= 4 is 11.8 Å². The monoisotopic (exact) mass is 204 g/mol. The molecule has 0 radical (unpaired) electrons. The second-order valence-electron chi connectivity index (χ2n) is 2.66. The summed E-state index contributed by atoms with van der Waals surface area (Å²) in [7, 11) is 0. The zero-order valence-corrected chi connectivity index (χ0v) is 8.76. The Morgan fingerprint density at radius 3 is 2.38 bits per heavy atom. The summed E-state index contributed by atoms with van der Waals surface area (Å²) in [6.07, 6.45) is 5.71. The van der Waals surface area contributed by atoms with Crippen molar-refractivity contribution in [2.45, 2.75) is 19.3 Å². The van der Waals surface area contributed by atoms with Crippen molar-refractivity contribution in [2.24, 2.45) is 0 Å². The van der Waals surface area contributed by atoms with Crippen LogP contribution in [0.5, 0.6) is 0 Å². The Bertz CT molecular complexity index is 224. The van der Waals surface area contributed by atoms with Crippen molar-refractivity contribution in [1.29, 1.82) is 0 Å². The highest BCUT2D eigenvalue weighted by atomic mass is 32.2. The molecule has 0 amide bonds. The van der Waals surface area contributed by atoms with Gasteiger partial charge in [-0.2, -0.15) is 0 Å². The first-order valence-electron chi connectivity index (χ1n) is 3.86. The van der Waals surface area contributed by atoms with Gasteiger partial charge < -0.3 is 0 Å². The maximum atomic E-state index is 12.8. The van der Waals surface area contributed by atoms with Gasteiger partial charge in [0.25, 0.3) is 5.92 Å². The van der Waals surface area contributed by atoms with E-state index < -0.39 is 5.92 Å². The van der Waals surface area contributed by atoms with Gasteiger partial charge in [0.05, 0.1) is 0 Å². The predicted octanol–water partition coefficient (Wildman–Crippen LogP) is 4.02. The standard InChI is InChI=1S/C10H14F2S/c1-5-6-7-9(13-4)8(2)10(3,11)12/h5,7H,1-2,6H2,3-4H3. The van der Waals surface area contributed by atoms with E-state index in [1.165, 1.54) is 11.8 Å². The molecule has 0 N–H and O–H groups in total. The van der Waals surface area contributed by atoms with Crippen molar-refractivity contribution in [2.75, 3.05) is 6.26 Å². The zero-order valence-electron chi connectivity index (χ0n) is 7.94. The highest BCUT2D eigenvalue weighted by Crippen LogP contribution is 2.33. The van der Waals surface area contributed by atoms with E-state index in [1.54, 1.807) is 18.4 Å². The number of alkyl halides is 2. The number of hydrogen-bond donors (Lipinski definition) is 0. The van der Waals surface area contributed by atoms with E-state index in [1.807, 2.05) is 0 Å². The average Bonchev–Trinajstić information content (AvgIpc) is 2.04. The molecule has 0 aliphatic carbocycles. The van der Waals surface area contributed by atoms with Crippen LogP contribution in [0, 0.1) is 0 Å². The molecular weight excluding hydrogens is 190 g/mol. The van der Waals surface area contributed by atoms with Crippen LogP contribution in [0.2, 0.25) is 0 Å². The Morgan fingerprint density at radius 2 is 2.08 bits per heavy atom. The molecule has 0 unspecified atom stereocenters. The summed E-state index contributed by atoms with van der Waals surface area (Å²) >= 11 is 1.28. The van der Waals surface area contributed by atoms with E-state index in [0.717, 1.165) is 6.92 Å². The molecule has 0 saturated heterocycles. The van der Waals surface area contributed by atoms with Gasteiger partial charge in [0.2, 0.25) is 0 Å². The molecule has 13 heavy (non-hydrogen) atoms. The number of allylic oxidation sites excluding steroid dienone is 3. The summed E-state index contributed by atoms with van der Waals surface area (Å²) in [4.78, 5) is 0.535. The smallest absolute Gasteiger partial charge is 0.202 e. The van der Waals surface area contributed by atoms with Gasteiger partial charge >= 0.3 is 0 Å². The van der Waals surface area contributed by atoms with Crippen LogP contribution in [0.3, 0.4) is 0 Å². The van der Waals surface area contributed by atoms with Gasteiger partial charge in [-0.25, -0.2) is 8.78 Å². The number of hydrogen-bond acceptors (Lipinski definition) is 1. The molecule has 0 aliphatic rings. The molecule has 0 spiro atoms. The third-order valence-electron chi connectivity index (χ3n) is 1.52. The number of thioether (sulfide) groups is 1. The average molecular weight is 204 g/mol. The van der Waals surface area contributed by atoms with Crippen LogP contribution >= 0.6 is 11.8 Å². The van der Waals surface area contributed by atoms with Crippen LogP contribution in [0.4, 0.5) is 8.78 Å². The van der Waals surface area contributed by atoms with E-state index in [0.29, 0.717) is 11.3 Å². The maximum absolute atomic E-state index is 12.8. The fourth-order valence-electron chi connectivity index (χ4n) is 0.736. The van der Waals surface area contributed by atoms with Crippen LogP contribution in [-0.2, 0) is 0 Å². The highest BCUT2D eigenvalue weighted by Gasteiger charge is 2.27. The van der Waals surface area contributed by atoms with E-state index in [-0.39, 0.29) is 5.57 Å². The molecule has 0 aromatic rings. The third-order valence-corrected chi connectivity index (χ3v) is 2.37. The lowest BCUT2D eigenvalue weighted by atomic mass is 10.1. The molecule has 0 nitrogen and oxygen atoms in total. The first-order chi connectivity index (χ1) is 5.93. The molecular formula is C10H14F2S. The van der Waals surface area contributed by atoms with Crippen LogP contribution in [0.15, 0.2) is 35.8 Å². The summed E-state index contributed by atoms with van der Waals surface area (Å²) in [5, 5.41) is 0. The fourth-order valence-corrected chi connectivity index (χ4v) is 1.42. The first-order valence-corrected chi connectivity index (χ1v) is 5.08. The summed E-state index contributed by atoms with van der Waals surface area (Å²) in [5.74, 6) is -2.84. The minimum Gasteiger partial charge on any atom is -0.202 e. The van der Waals surface area contributed by atoms with Gasteiger partial charge in [0, 0.05) is 17.4 Å². The van der Waals surface area contributed by atoms with Gasteiger partial charge in [0.15, 0.2) is 0 Å². The summed E-state index contributed by atoms with van der Waals surface area (Å²) in [6.45, 7) is 7.75. The minimum atomic E-state index is -2.84. The van der Waals surface area contributed by atoms with Gasteiger partial charge in [-0.1, -0.05) is 18.7 Å². The van der Waals surface area contributed by atoms with Crippen molar-refractivity contribution in [3.8, 4) is 0 Å². The first kappa shape index (κ1) is 12.4. The molecule has 0 aliphatic heterocycles. The van der Waals surface area contributed by atoms with E-state index >= 15 is 0 Å². The quantitative estimate of drug-likeness (QED) is 0.481.